The molecule has 5 heteroatoms. The molecule has 0 aliphatic heterocycles. The molecule has 0 aromatic heterocycles. The molecule has 0 radical (unpaired) electrons. The molecule has 0 unspecified atom stereocenters. The lowest BCUT2D eigenvalue weighted by Gasteiger charge is -2.23. The molecule has 1 aromatic carbocycles. The van der Waals surface area contributed by atoms with Gasteiger partial charge >= 0.3 is 5.97 Å². The summed E-state index contributed by atoms with van der Waals surface area (Å²) in [6.07, 6.45) is 6.26. The molecule has 0 bridgehead atoms. The number of hydrogen-bond donors (Lipinski definition) is 1. The Morgan fingerprint density at radius 1 is 1.38 bits per heavy atom. The Labute approximate surface area is 129 Å². The predicted molar refractivity (Wildman–Crippen MR) is 83.1 cm³/mol. The Morgan fingerprint density at radius 2 is 2.10 bits per heavy atom. The Bertz CT molecular complexity index is 536. The van der Waals surface area contributed by atoms with E-state index in [0.29, 0.717) is 11.6 Å². The number of oxime groups is 1. The highest BCUT2D eigenvalue weighted by atomic mass is 35.5. The van der Waals surface area contributed by atoms with Gasteiger partial charge in [0.05, 0.1) is 5.71 Å². The molecular formula is C16H20ClNO3. The van der Waals surface area contributed by atoms with Crippen molar-refractivity contribution >= 4 is 23.3 Å². The number of halogens is 1. The van der Waals surface area contributed by atoms with E-state index in [1.54, 1.807) is 6.92 Å². The van der Waals surface area contributed by atoms with E-state index in [1.807, 2.05) is 12.1 Å². The number of carboxylic acids is 1. The van der Waals surface area contributed by atoms with Gasteiger partial charge in [-0.1, -0.05) is 48.2 Å². The highest BCUT2D eigenvalue weighted by Gasteiger charge is 2.18. The quantitative estimate of drug-likeness (QED) is 0.654. The molecule has 0 spiro atoms. The van der Waals surface area contributed by atoms with Crippen LogP contribution in [-0.4, -0.2) is 23.4 Å². The molecule has 4 nitrogen and oxygen atoms in total. The molecule has 0 amide bonds. The van der Waals surface area contributed by atoms with Gasteiger partial charge < -0.3 is 9.94 Å². The van der Waals surface area contributed by atoms with Crippen molar-refractivity contribution in [3.63, 3.8) is 0 Å². The maximum Gasteiger partial charge on any atom is 0.344 e. The van der Waals surface area contributed by atoms with Crippen molar-refractivity contribution in [2.45, 2.75) is 44.9 Å². The number of hydrogen-bond acceptors (Lipinski definition) is 3. The standard InChI is InChI=1S/C16H20ClNO3/c1-11(18-21-10-16(19)20)13-7-8-14(15(17)9-13)12-5-3-2-4-6-12/h7-9,12H,2-6,10H2,1H3,(H,19,20)/b18-11+. The number of nitrogens with zero attached hydrogens (tertiary/aromatic N) is 1. The van der Waals surface area contributed by atoms with Crippen molar-refractivity contribution in [3.05, 3.63) is 34.3 Å². The van der Waals surface area contributed by atoms with Gasteiger partial charge in [0.2, 0.25) is 6.61 Å². The van der Waals surface area contributed by atoms with Gasteiger partial charge in [-0.2, -0.15) is 0 Å². The summed E-state index contributed by atoms with van der Waals surface area (Å²) in [5.74, 6) is -0.488. The van der Waals surface area contributed by atoms with E-state index in [0.717, 1.165) is 10.6 Å². The van der Waals surface area contributed by atoms with Crippen LogP contribution in [0, 0.1) is 0 Å². The highest BCUT2D eigenvalue weighted by Crippen LogP contribution is 2.36. The van der Waals surface area contributed by atoms with Gasteiger partial charge in [-0.25, -0.2) is 4.79 Å². The fourth-order valence-electron chi connectivity index (χ4n) is 2.73. The minimum absolute atomic E-state index is 0.439. The average Bonchev–Trinajstić information content (AvgIpc) is 2.47. The van der Waals surface area contributed by atoms with Gasteiger partial charge in [-0.05, 0) is 37.3 Å². The Morgan fingerprint density at radius 3 is 2.71 bits per heavy atom. The van der Waals surface area contributed by atoms with E-state index in [4.69, 9.17) is 21.5 Å². The van der Waals surface area contributed by atoms with E-state index in [-0.39, 0.29) is 0 Å². The van der Waals surface area contributed by atoms with E-state index >= 15 is 0 Å². The van der Waals surface area contributed by atoms with Gasteiger partial charge in [0, 0.05) is 10.6 Å². The van der Waals surface area contributed by atoms with Crippen LogP contribution in [0.25, 0.3) is 0 Å². The summed E-state index contributed by atoms with van der Waals surface area (Å²) in [5, 5.41) is 13.1. The average molecular weight is 310 g/mol. The molecule has 1 aliphatic rings. The number of rotatable bonds is 5. The molecule has 2 rings (SSSR count). The first-order valence-corrected chi connectivity index (χ1v) is 7.64. The number of benzene rings is 1. The zero-order chi connectivity index (χ0) is 15.2. The van der Waals surface area contributed by atoms with Crippen LogP contribution in [0.15, 0.2) is 23.4 Å². The second-order valence-electron chi connectivity index (χ2n) is 5.42. The Hall–Kier alpha value is -1.55. The first kappa shape index (κ1) is 15.8. The van der Waals surface area contributed by atoms with E-state index < -0.39 is 12.6 Å². The third kappa shape index (κ3) is 4.46. The molecule has 1 saturated carbocycles. The summed E-state index contributed by atoms with van der Waals surface area (Å²) >= 11 is 6.40. The van der Waals surface area contributed by atoms with Crippen molar-refractivity contribution in [2.24, 2.45) is 5.16 Å². The van der Waals surface area contributed by atoms with E-state index in [1.165, 1.54) is 37.7 Å². The third-order valence-electron chi connectivity index (χ3n) is 3.85. The maximum absolute atomic E-state index is 10.4. The molecular weight excluding hydrogens is 290 g/mol. The number of aliphatic carboxylic acids is 1. The van der Waals surface area contributed by atoms with Gasteiger partial charge in [0.1, 0.15) is 0 Å². The molecule has 114 valence electrons. The van der Waals surface area contributed by atoms with Gasteiger partial charge in [0.15, 0.2) is 0 Å². The summed E-state index contributed by atoms with van der Waals surface area (Å²) in [4.78, 5) is 15.1. The SMILES string of the molecule is C/C(=N\OCC(=O)O)c1ccc(C2CCCCC2)c(Cl)c1. The minimum atomic E-state index is -1.04. The van der Waals surface area contributed by atoms with Gasteiger partial charge in [-0.15, -0.1) is 0 Å². The summed E-state index contributed by atoms with van der Waals surface area (Å²) in [6.45, 7) is 1.33. The molecule has 0 heterocycles. The molecule has 0 atom stereocenters. The smallest absolute Gasteiger partial charge is 0.344 e. The van der Waals surface area contributed by atoms with Crippen molar-refractivity contribution in [2.75, 3.05) is 6.61 Å². The minimum Gasteiger partial charge on any atom is -0.479 e. The van der Waals surface area contributed by atoms with E-state index in [2.05, 4.69) is 11.2 Å². The Balaban J connectivity index is 2.08. The zero-order valence-corrected chi connectivity index (χ0v) is 12.9. The van der Waals surface area contributed by atoms with Gasteiger partial charge in [0.25, 0.3) is 0 Å². The first-order valence-electron chi connectivity index (χ1n) is 7.26. The lowest BCUT2D eigenvalue weighted by Crippen LogP contribution is -2.07. The van der Waals surface area contributed by atoms with Crippen LogP contribution in [0.3, 0.4) is 0 Å². The monoisotopic (exact) mass is 309 g/mol. The summed E-state index contributed by atoms with van der Waals surface area (Å²) < 4.78 is 0. The lowest BCUT2D eigenvalue weighted by atomic mass is 9.84. The largest absolute Gasteiger partial charge is 0.479 e. The summed E-state index contributed by atoms with van der Waals surface area (Å²) in [5.41, 5.74) is 2.68. The summed E-state index contributed by atoms with van der Waals surface area (Å²) in [6, 6.07) is 5.91. The van der Waals surface area contributed by atoms with Gasteiger partial charge in [-0.3, -0.25) is 0 Å². The molecule has 1 fully saturated rings. The van der Waals surface area contributed by atoms with Crippen LogP contribution in [0.1, 0.15) is 56.1 Å². The van der Waals surface area contributed by atoms with E-state index in [9.17, 15) is 4.79 Å². The van der Waals surface area contributed by atoms with Crippen LogP contribution < -0.4 is 0 Å². The predicted octanol–water partition coefficient (Wildman–Crippen LogP) is 4.21. The topological polar surface area (TPSA) is 58.9 Å². The van der Waals surface area contributed by atoms with Crippen LogP contribution in [-0.2, 0) is 9.63 Å². The molecule has 1 aromatic rings. The number of carboxylic acid groups (broad SMARTS) is 1. The molecule has 21 heavy (non-hydrogen) atoms. The van der Waals surface area contributed by atoms with Crippen LogP contribution in [0.4, 0.5) is 0 Å². The van der Waals surface area contributed by atoms with Crippen molar-refractivity contribution in [3.8, 4) is 0 Å². The fourth-order valence-corrected chi connectivity index (χ4v) is 3.07. The summed E-state index contributed by atoms with van der Waals surface area (Å²) in [7, 11) is 0. The first-order chi connectivity index (χ1) is 10.1. The zero-order valence-electron chi connectivity index (χ0n) is 12.1. The lowest BCUT2D eigenvalue weighted by molar-refractivity contribution is -0.142. The maximum atomic E-state index is 10.4. The Kier molecular flexibility index (Phi) is 5.62. The van der Waals surface area contributed by atoms with Crippen LogP contribution in [0.2, 0.25) is 5.02 Å². The van der Waals surface area contributed by atoms with Crippen molar-refractivity contribution in [1.82, 2.24) is 0 Å². The third-order valence-corrected chi connectivity index (χ3v) is 4.18. The van der Waals surface area contributed by atoms with Crippen molar-refractivity contribution < 1.29 is 14.7 Å². The fraction of sp³-hybridized carbons (Fsp3) is 0.500. The van der Waals surface area contributed by atoms with Crippen LogP contribution in [0.5, 0.6) is 0 Å². The second-order valence-corrected chi connectivity index (χ2v) is 5.82. The molecule has 0 saturated heterocycles. The highest BCUT2D eigenvalue weighted by molar-refractivity contribution is 6.31. The molecule has 1 N–H and O–H groups in total. The molecule has 1 aliphatic carbocycles. The van der Waals surface area contributed by atoms with Crippen molar-refractivity contribution in [1.29, 1.82) is 0 Å². The second kappa shape index (κ2) is 7.46. The van der Waals surface area contributed by atoms with Crippen LogP contribution >= 0.6 is 11.6 Å². The number of carbonyl (C=O) groups is 1. The normalized spacial score (nSPS) is 16.8.